The Bertz CT molecular complexity index is 815. The maximum atomic E-state index is 12.7. The highest BCUT2D eigenvalue weighted by atomic mass is 32.2. The molecule has 2 atom stereocenters. The Morgan fingerprint density at radius 2 is 2.13 bits per heavy atom. The lowest BCUT2D eigenvalue weighted by atomic mass is 10.1. The standard InChI is InChI=1S/C15H22N4O3S/c1-9(2)19-7-10(3)14(8-19)18-23(20,21)12-5-13-11(4)17-22-15(13)16-6-12/h5-6,9-10,14,18H,7-8H2,1-4H3/t10-,14+/m0/s1. The highest BCUT2D eigenvalue weighted by Gasteiger charge is 2.34. The van der Waals surface area contributed by atoms with E-state index in [0.29, 0.717) is 22.8 Å². The van der Waals surface area contributed by atoms with E-state index in [0.717, 1.165) is 13.1 Å². The molecule has 2 aromatic rings. The molecular weight excluding hydrogens is 316 g/mol. The Morgan fingerprint density at radius 3 is 2.78 bits per heavy atom. The van der Waals surface area contributed by atoms with Crippen LogP contribution >= 0.6 is 0 Å². The highest BCUT2D eigenvalue weighted by Crippen LogP contribution is 2.23. The molecule has 7 nitrogen and oxygen atoms in total. The van der Waals surface area contributed by atoms with Crippen LogP contribution in [0.3, 0.4) is 0 Å². The zero-order valence-electron chi connectivity index (χ0n) is 13.8. The lowest BCUT2D eigenvalue weighted by molar-refractivity contribution is 0.265. The summed E-state index contributed by atoms with van der Waals surface area (Å²) in [7, 11) is -3.62. The van der Waals surface area contributed by atoms with Gasteiger partial charge in [0, 0.05) is 25.2 Å². The van der Waals surface area contributed by atoms with Gasteiger partial charge in [-0.25, -0.2) is 18.1 Å². The summed E-state index contributed by atoms with van der Waals surface area (Å²) in [5.74, 6) is 0.265. The van der Waals surface area contributed by atoms with Gasteiger partial charge in [0.05, 0.1) is 17.3 Å². The molecule has 0 aliphatic carbocycles. The molecule has 8 heteroatoms. The van der Waals surface area contributed by atoms with E-state index in [1.807, 2.05) is 0 Å². The second-order valence-electron chi connectivity index (χ2n) is 6.54. The normalized spacial score (nSPS) is 23.2. The first kappa shape index (κ1) is 16.4. The Balaban J connectivity index is 1.84. The number of nitrogens with zero attached hydrogens (tertiary/aromatic N) is 3. The fourth-order valence-corrected chi connectivity index (χ4v) is 4.23. The van der Waals surface area contributed by atoms with Gasteiger partial charge in [0.1, 0.15) is 4.90 Å². The fraction of sp³-hybridized carbons (Fsp3) is 0.600. The van der Waals surface area contributed by atoms with Gasteiger partial charge in [0.15, 0.2) is 0 Å². The molecule has 2 aromatic heterocycles. The van der Waals surface area contributed by atoms with E-state index in [9.17, 15) is 8.42 Å². The molecule has 1 saturated heterocycles. The fourth-order valence-electron chi connectivity index (χ4n) is 2.92. The van der Waals surface area contributed by atoms with Crippen LogP contribution < -0.4 is 4.72 Å². The minimum atomic E-state index is -3.62. The first-order valence-electron chi connectivity index (χ1n) is 7.76. The van der Waals surface area contributed by atoms with Gasteiger partial charge < -0.3 is 4.52 Å². The van der Waals surface area contributed by atoms with Crippen LogP contribution in [-0.4, -0.2) is 48.6 Å². The number of hydrogen-bond donors (Lipinski definition) is 1. The number of fused-ring (bicyclic) bond motifs is 1. The summed E-state index contributed by atoms with van der Waals surface area (Å²) in [5, 5.41) is 4.43. The average Bonchev–Trinajstić information content (AvgIpc) is 3.03. The molecule has 0 bridgehead atoms. The van der Waals surface area contributed by atoms with E-state index in [1.54, 1.807) is 13.0 Å². The second-order valence-corrected chi connectivity index (χ2v) is 8.26. The third-order valence-corrected chi connectivity index (χ3v) is 5.93. The lowest BCUT2D eigenvalue weighted by Crippen LogP contribution is -2.40. The van der Waals surface area contributed by atoms with Gasteiger partial charge in [-0.1, -0.05) is 12.1 Å². The number of pyridine rings is 1. The summed E-state index contributed by atoms with van der Waals surface area (Å²) in [6.45, 7) is 9.69. The molecule has 3 heterocycles. The maximum absolute atomic E-state index is 12.7. The van der Waals surface area contributed by atoms with Crippen LogP contribution in [0.4, 0.5) is 0 Å². The molecule has 0 amide bonds. The van der Waals surface area contributed by atoms with E-state index < -0.39 is 10.0 Å². The zero-order valence-corrected chi connectivity index (χ0v) is 14.6. The quantitative estimate of drug-likeness (QED) is 0.910. The van der Waals surface area contributed by atoms with Crippen molar-refractivity contribution in [3.63, 3.8) is 0 Å². The van der Waals surface area contributed by atoms with Crippen molar-refractivity contribution in [2.24, 2.45) is 5.92 Å². The minimum absolute atomic E-state index is 0.0957. The average molecular weight is 338 g/mol. The molecule has 0 unspecified atom stereocenters. The summed E-state index contributed by atoms with van der Waals surface area (Å²) in [6.07, 6.45) is 1.31. The SMILES string of the molecule is Cc1noc2ncc(S(=O)(=O)N[C@@H]3CN(C(C)C)C[C@@H]3C)cc12. The van der Waals surface area contributed by atoms with Crippen molar-refractivity contribution in [3.8, 4) is 0 Å². The Hall–Kier alpha value is -1.51. The van der Waals surface area contributed by atoms with Gasteiger partial charge >= 0.3 is 0 Å². The summed E-state index contributed by atoms with van der Waals surface area (Å²) in [6, 6.07) is 1.88. The van der Waals surface area contributed by atoms with Gasteiger partial charge in [0.25, 0.3) is 5.71 Å². The monoisotopic (exact) mass is 338 g/mol. The van der Waals surface area contributed by atoms with Crippen molar-refractivity contribution in [1.29, 1.82) is 0 Å². The number of aryl methyl sites for hydroxylation is 1. The van der Waals surface area contributed by atoms with Crippen molar-refractivity contribution in [2.45, 2.75) is 44.7 Å². The summed E-state index contributed by atoms with van der Waals surface area (Å²) in [4.78, 5) is 6.47. The van der Waals surface area contributed by atoms with Crippen molar-refractivity contribution in [3.05, 3.63) is 18.0 Å². The Labute approximate surface area is 136 Å². The lowest BCUT2D eigenvalue weighted by Gasteiger charge is -2.20. The summed E-state index contributed by atoms with van der Waals surface area (Å²) in [5.41, 5.74) is 0.978. The predicted molar refractivity (Wildman–Crippen MR) is 86.5 cm³/mol. The van der Waals surface area contributed by atoms with Crippen LogP contribution in [0.5, 0.6) is 0 Å². The molecule has 0 radical (unpaired) electrons. The number of hydrogen-bond acceptors (Lipinski definition) is 6. The van der Waals surface area contributed by atoms with Gasteiger partial charge in [-0.2, -0.15) is 0 Å². The number of sulfonamides is 1. The van der Waals surface area contributed by atoms with Crippen LogP contribution in [0.15, 0.2) is 21.7 Å². The van der Waals surface area contributed by atoms with E-state index in [4.69, 9.17) is 4.52 Å². The second kappa shape index (κ2) is 5.85. The summed E-state index contributed by atoms with van der Waals surface area (Å²) < 4.78 is 33.2. The van der Waals surface area contributed by atoms with E-state index in [1.165, 1.54) is 6.20 Å². The first-order chi connectivity index (χ1) is 10.8. The number of nitrogens with one attached hydrogen (secondary N) is 1. The largest absolute Gasteiger partial charge is 0.336 e. The predicted octanol–water partition coefficient (Wildman–Crippen LogP) is 1.54. The van der Waals surface area contributed by atoms with Crippen molar-refractivity contribution >= 4 is 21.1 Å². The van der Waals surface area contributed by atoms with Crippen LogP contribution in [0, 0.1) is 12.8 Å². The zero-order chi connectivity index (χ0) is 16.8. The molecule has 1 aliphatic heterocycles. The van der Waals surface area contributed by atoms with Gasteiger partial charge in [0.2, 0.25) is 10.0 Å². The van der Waals surface area contributed by atoms with Gasteiger partial charge in [-0.15, -0.1) is 0 Å². The smallest absolute Gasteiger partial charge is 0.257 e. The molecule has 3 rings (SSSR count). The van der Waals surface area contributed by atoms with Gasteiger partial charge in [-0.05, 0) is 32.8 Å². The molecule has 1 N–H and O–H groups in total. The van der Waals surface area contributed by atoms with Crippen molar-refractivity contribution < 1.29 is 12.9 Å². The molecule has 0 saturated carbocycles. The molecule has 23 heavy (non-hydrogen) atoms. The number of aromatic nitrogens is 2. The van der Waals surface area contributed by atoms with Crippen LogP contribution in [0.25, 0.3) is 11.1 Å². The van der Waals surface area contributed by atoms with Gasteiger partial charge in [-0.3, -0.25) is 4.90 Å². The Morgan fingerprint density at radius 1 is 1.39 bits per heavy atom. The van der Waals surface area contributed by atoms with Crippen LogP contribution in [-0.2, 0) is 10.0 Å². The Kier molecular flexibility index (Phi) is 4.16. The van der Waals surface area contributed by atoms with E-state index >= 15 is 0 Å². The van der Waals surface area contributed by atoms with Crippen LogP contribution in [0.2, 0.25) is 0 Å². The molecule has 0 aromatic carbocycles. The summed E-state index contributed by atoms with van der Waals surface area (Å²) >= 11 is 0. The van der Waals surface area contributed by atoms with E-state index in [2.05, 4.69) is 40.5 Å². The van der Waals surface area contributed by atoms with Crippen LogP contribution in [0.1, 0.15) is 26.5 Å². The van der Waals surface area contributed by atoms with Crippen molar-refractivity contribution in [1.82, 2.24) is 19.8 Å². The molecule has 1 aliphatic rings. The molecule has 126 valence electrons. The van der Waals surface area contributed by atoms with E-state index in [-0.39, 0.29) is 16.9 Å². The maximum Gasteiger partial charge on any atom is 0.257 e. The topological polar surface area (TPSA) is 88.3 Å². The first-order valence-corrected chi connectivity index (χ1v) is 9.24. The number of rotatable bonds is 4. The van der Waals surface area contributed by atoms with Crippen molar-refractivity contribution in [2.75, 3.05) is 13.1 Å². The molecular formula is C15H22N4O3S. The number of likely N-dealkylation sites (tertiary alicyclic amines) is 1. The minimum Gasteiger partial charge on any atom is -0.336 e. The third kappa shape index (κ3) is 3.11. The molecule has 1 fully saturated rings. The molecule has 0 spiro atoms. The third-order valence-electron chi connectivity index (χ3n) is 4.47. The highest BCUT2D eigenvalue weighted by molar-refractivity contribution is 7.89.